The molecule has 2 aliphatic rings. The van der Waals surface area contributed by atoms with Gasteiger partial charge in [0.05, 0.1) is 0 Å². The van der Waals surface area contributed by atoms with Crippen molar-refractivity contribution < 1.29 is 14.0 Å². The van der Waals surface area contributed by atoms with Crippen molar-refractivity contribution in [2.45, 2.75) is 44.2 Å². The second-order valence-corrected chi connectivity index (χ2v) is 8.44. The molecule has 1 saturated carbocycles. The highest BCUT2D eigenvalue weighted by Gasteiger charge is 2.47. The second kappa shape index (κ2) is 8.02. The molecule has 1 aliphatic heterocycles. The van der Waals surface area contributed by atoms with E-state index in [0.717, 1.165) is 31.1 Å². The first-order chi connectivity index (χ1) is 15.1. The number of carbonyl (C=O) groups is 2. The Labute approximate surface area is 179 Å². The summed E-state index contributed by atoms with van der Waals surface area (Å²) in [5.74, 6) is 0.119. The molecule has 158 valence electrons. The predicted molar refractivity (Wildman–Crippen MR) is 118 cm³/mol. The van der Waals surface area contributed by atoms with Crippen LogP contribution in [0.1, 0.15) is 42.5 Å². The average Bonchev–Trinajstić information content (AvgIpc) is 3.19. The normalized spacial score (nSPS) is 22.8. The highest BCUT2D eigenvalue weighted by atomic mass is 16.4. The zero-order chi connectivity index (χ0) is 21.4. The topological polar surface area (TPSA) is 79.6 Å². The van der Waals surface area contributed by atoms with Crippen molar-refractivity contribution in [2.75, 3.05) is 5.32 Å². The molecule has 31 heavy (non-hydrogen) atoms. The molecule has 0 spiro atoms. The number of rotatable bonds is 3. The predicted octanol–water partition coefficient (Wildman–Crippen LogP) is 4.21. The molecule has 5 rings (SSSR count). The first-order valence-electron chi connectivity index (χ1n) is 10.8. The molecule has 3 atom stereocenters. The maximum Gasteiger partial charge on any atom is 0.336 e. The monoisotopic (exact) mass is 416 g/mol. The van der Waals surface area contributed by atoms with Gasteiger partial charge in [0.1, 0.15) is 11.6 Å². The minimum atomic E-state index is -0.495. The number of hydrogen-bond donors (Lipinski definition) is 1. The van der Waals surface area contributed by atoms with Gasteiger partial charge in [-0.3, -0.25) is 9.59 Å². The van der Waals surface area contributed by atoms with E-state index in [1.165, 1.54) is 6.07 Å². The number of hydrogen-bond acceptors (Lipinski definition) is 4. The minimum Gasteiger partial charge on any atom is -0.423 e. The largest absolute Gasteiger partial charge is 0.423 e. The summed E-state index contributed by atoms with van der Waals surface area (Å²) in [6.07, 6.45) is 4.93. The van der Waals surface area contributed by atoms with Crippen LogP contribution in [0, 0.1) is 5.92 Å². The summed E-state index contributed by atoms with van der Waals surface area (Å²) in [5, 5.41) is 3.72. The van der Waals surface area contributed by atoms with Crippen molar-refractivity contribution in [1.29, 1.82) is 0 Å². The van der Waals surface area contributed by atoms with Gasteiger partial charge in [0.15, 0.2) is 0 Å². The summed E-state index contributed by atoms with van der Waals surface area (Å²) in [6.45, 7) is 0. The molecule has 1 saturated heterocycles. The van der Waals surface area contributed by atoms with Crippen molar-refractivity contribution >= 4 is 28.5 Å². The fourth-order valence-electron chi connectivity index (χ4n) is 5.09. The summed E-state index contributed by atoms with van der Waals surface area (Å²) < 4.78 is 5.16. The molecule has 3 aromatic rings. The SMILES string of the molecule is O=C(Nc1ccc2oc(=O)ccc2c1)C1CC2CCCCC2N1C(=O)c1ccccc1. The Hall–Kier alpha value is -3.41. The summed E-state index contributed by atoms with van der Waals surface area (Å²) in [4.78, 5) is 39.9. The van der Waals surface area contributed by atoms with Crippen LogP contribution in [0.4, 0.5) is 5.69 Å². The van der Waals surface area contributed by atoms with Gasteiger partial charge in [0.25, 0.3) is 5.91 Å². The minimum absolute atomic E-state index is 0.0737. The number of fused-ring (bicyclic) bond motifs is 2. The number of nitrogens with one attached hydrogen (secondary N) is 1. The molecule has 6 heteroatoms. The van der Waals surface area contributed by atoms with Gasteiger partial charge in [0, 0.05) is 28.7 Å². The maximum absolute atomic E-state index is 13.4. The number of anilines is 1. The lowest BCUT2D eigenvalue weighted by Crippen LogP contribution is -2.47. The van der Waals surface area contributed by atoms with E-state index in [4.69, 9.17) is 4.42 Å². The van der Waals surface area contributed by atoms with Crippen molar-refractivity contribution in [3.8, 4) is 0 Å². The molecule has 0 radical (unpaired) electrons. The Morgan fingerprint density at radius 3 is 2.61 bits per heavy atom. The van der Waals surface area contributed by atoms with Crippen LogP contribution in [0.3, 0.4) is 0 Å². The molecule has 1 aliphatic carbocycles. The quantitative estimate of drug-likeness (QED) is 0.649. The zero-order valence-electron chi connectivity index (χ0n) is 17.1. The van der Waals surface area contributed by atoms with E-state index in [9.17, 15) is 14.4 Å². The van der Waals surface area contributed by atoms with Gasteiger partial charge in [-0.25, -0.2) is 4.79 Å². The van der Waals surface area contributed by atoms with Crippen LogP contribution in [0.15, 0.2) is 69.9 Å². The van der Waals surface area contributed by atoms with Crippen molar-refractivity contribution in [1.82, 2.24) is 4.90 Å². The van der Waals surface area contributed by atoms with Gasteiger partial charge in [-0.05, 0) is 61.6 Å². The van der Waals surface area contributed by atoms with E-state index in [1.807, 2.05) is 35.2 Å². The Balaban J connectivity index is 1.42. The molecular weight excluding hydrogens is 392 g/mol. The third kappa shape index (κ3) is 3.74. The van der Waals surface area contributed by atoms with Crippen LogP contribution in [-0.4, -0.2) is 28.8 Å². The van der Waals surface area contributed by atoms with Crippen LogP contribution in [0.2, 0.25) is 0 Å². The Kier molecular flexibility index (Phi) is 5.06. The van der Waals surface area contributed by atoms with Crippen molar-refractivity contribution in [2.24, 2.45) is 5.92 Å². The summed E-state index contributed by atoms with van der Waals surface area (Å²) >= 11 is 0. The molecule has 2 amide bonds. The van der Waals surface area contributed by atoms with E-state index in [-0.39, 0.29) is 17.9 Å². The van der Waals surface area contributed by atoms with E-state index < -0.39 is 11.7 Å². The van der Waals surface area contributed by atoms with Gasteiger partial charge in [-0.1, -0.05) is 31.0 Å². The number of amides is 2. The summed E-state index contributed by atoms with van der Waals surface area (Å²) in [7, 11) is 0. The number of likely N-dealkylation sites (tertiary alicyclic amines) is 1. The van der Waals surface area contributed by atoms with Gasteiger partial charge < -0.3 is 14.6 Å². The van der Waals surface area contributed by atoms with Crippen LogP contribution < -0.4 is 10.9 Å². The number of carbonyl (C=O) groups excluding carboxylic acids is 2. The molecule has 1 N–H and O–H groups in total. The van der Waals surface area contributed by atoms with Crippen molar-refractivity contribution in [3.05, 3.63) is 76.6 Å². The fraction of sp³-hybridized carbons (Fsp3) is 0.320. The Bertz CT molecular complexity index is 1190. The standard InChI is InChI=1S/C25H24N2O4/c28-23-13-10-18-14-19(11-12-22(18)31-23)26-24(29)21-15-17-8-4-5-9-20(17)27(21)25(30)16-6-2-1-3-7-16/h1-3,6-7,10-14,17,20-21H,4-5,8-9,15H2,(H,26,29). The fourth-order valence-corrected chi connectivity index (χ4v) is 5.09. The number of benzene rings is 2. The molecule has 1 aromatic heterocycles. The molecule has 2 aromatic carbocycles. The summed E-state index contributed by atoms with van der Waals surface area (Å²) in [5.41, 5.74) is 1.30. The zero-order valence-corrected chi connectivity index (χ0v) is 17.1. The molecule has 0 bridgehead atoms. The van der Waals surface area contributed by atoms with Crippen molar-refractivity contribution in [3.63, 3.8) is 0 Å². The molecule has 3 unspecified atom stereocenters. The van der Waals surface area contributed by atoms with Crippen LogP contribution in [0.25, 0.3) is 11.0 Å². The van der Waals surface area contributed by atoms with Crippen LogP contribution >= 0.6 is 0 Å². The maximum atomic E-state index is 13.4. The Morgan fingerprint density at radius 1 is 0.968 bits per heavy atom. The van der Waals surface area contributed by atoms with E-state index in [2.05, 4.69) is 5.32 Å². The molecular formula is C25H24N2O4. The second-order valence-electron chi connectivity index (χ2n) is 8.44. The highest BCUT2D eigenvalue weighted by molar-refractivity contribution is 6.02. The Morgan fingerprint density at radius 2 is 1.77 bits per heavy atom. The van der Waals surface area contributed by atoms with Gasteiger partial charge in [0.2, 0.25) is 5.91 Å². The molecule has 2 fully saturated rings. The summed E-state index contributed by atoms with van der Waals surface area (Å²) in [6, 6.07) is 17.0. The first-order valence-corrected chi connectivity index (χ1v) is 10.8. The van der Waals surface area contributed by atoms with E-state index in [1.54, 1.807) is 24.3 Å². The van der Waals surface area contributed by atoms with Gasteiger partial charge in [-0.2, -0.15) is 0 Å². The first kappa shape index (κ1) is 19.5. The number of nitrogens with zero attached hydrogens (tertiary/aromatic N) is 1. The lowest BCUT2D eigenvalue weighted by Gasteiger charge is -2.33. The smallest absolute Gasteiger partial charge is 0.336 e. The lowest BCUT2D eigenvalue weighted by atomic mass is 9.84. The van der Waals surface area contributed by atoms with Gasteiger partial charge in [-0.15, -0.1) is 0 Å². The third-order valence-corrected chi connectivity index (χ3v) is 6.53. The average molecular weight is 416 g/mol. The van der Waals surface area contributed by atoms with Crippen LogP contribution in [-0.2, 0) is 4.79 Å². The van der Waals surface area contributed by atoms with Crippen LogP contribution in [0.5, 0.6) is 0 Å². The van der Waals surface area contributed by atoms with E-state index in [0.29, 0.717) is 29.2 Å². The highest BCUT2D eigenvalue weighted by Crippen LogP contribution is 2.41. The van der Waals surface area contributed by atoms with E-state index >= 15 is 0 Å². The van der Waals surface area contributed by atoms with Gasteiger partial charge >= 0.3 is 5.63 Å². The molecule has 6 nitrogen and oxygen atoms in total. The lowest BCUT2D eigenvalue weighted by molar-refractivity contribution is -0.120. The molecule has 2 heterocycles. The third-order valence-electron chi connectivity index (χ3n) is 6.53.